The third-order valence-electron chi connectivity index (χ3n) is 8.96. The Hall–Kier alpha value is -3.29. The molecule has 2 aliphatic carbocycles. The molecule has 2 N–H and O–H groups in total. The standard InChI is InChI=1S/C27H33N7O/c1-15-17(5-8-24(30-15)33-13-22-23(14-33)27(22,3)4)11-34-12-18(10-29-34)26(35)21(9-28)20-7-6-19-16(2)31-32-25(19)20/h5,8-10,12,20-23,28H,6-7,11,13-14H2,1-4H3,(H,31,32). The van der Waals surface area contributed by atoms with E-state index in [0.717, 1.165) is 66.2 Å². The number of aromatic amines is 1. The van der Waals surface area contributed by atoms with Gasteiger partial charge in [0.1, 0.15) is 5.82 Å². The van der Waals surface area contributed by atoms with E-state index in [2.05, 4.69) is 46.2 Å². The quantitative estimate of drug-likeness (QED) is 0.401. The van der Waals surface area contributed by atoms with Crippen molar-refractivity contribution in [2.45, 2.75) is 53.0 Å². The molecule has 0 aromatic carbocycles. The van der Waals surface area contributed by atoms with E-state index >= 15 is 0 Å². The summed E-state index contributed by atoms with van der Waals surface area (Å²) in [6.07, 6.45) is 6.45. The first-order valence-electron chi connectivity index (χ1n) is 12.6. The van der Waals surface area contributed by atoms with E-state index in [1.807, 2.05) is 13.8 Å². The van der Waals surface area contributed by atoms with Gasteiger partial charge in [-0.2, -0.15) is 10.2 Å². The van der Waals surface area contributed by atoms with Crippen molar-refractivity contribution in [3.8, 4) is 0 Å². The molecule has 0 spiro atoms. The molecule has 8 heteroatoms. The number of Topliss-reactive ketones (excluding diaryl/α,β-unsaturated/α-hetero) is 1. The van der Waals surface area contributed by atoms with Crippen LogP contribution in [0.4, 0.5) is 5.82 Å². The smallest absolute Gasteiger partial charge is 0.175 e. The summed E-state index contributed by atoms with van der Waals surface area (Å²) in [5.41, 5.74) is 6.33. The zero-order valence-corrected chi connectivity index (χ0v) is 20.9. The number of ketones is 1. The van der Waals surface area contributed by atoms with Gasteiger partial charge in [0.15, 0.2) is 5.78 Å². The molecule has 4 atom stereocenters. The molecule has 1 saturated heterocycles. The minimum Gasteiger partial charge on any atom is -0.356 e. The highest BCUT2D eigenvalue weighted by atomic mass is 16.1. The number of rotatable bonds is 7. The molecule has 3 aliphatic rings. The molecule has 4 unspecified atom stereocenters. The van der Waals surface area contributed by atoms with Crippen LogP contribution in [0.15, 0.2) is 24.5 Å². The first-order valence-corrected chi connectivity index (χ1v) is 12.6. The second-order valence-corrected chi connectivity index (χ2v) is 11.2. The van der Waals surface area contributed by atoms with Crippen molar-refractivity contribution in [2.75, 3.05) is 18.0 Å². The molecule has 1 saturated carbocycles. The maximum absolute atomic E-state index is 13.3. The molecule has 8 nitrogen and oxygen atoms in total. The van der Waals surface area contributed by atoms with Crippen molar-refractivity contribution in [1.82, 2.24) is 25.0 Å². The molecule has 3 aromatic heterocycles. The summed E-state index contributed by atoms with van der Waals surface area (Å²) in [6, 6.07) is 4.25. The maximum atomic E-state index is 13.3. The predicted molar refractivity (Wildman–Crippen MR) is 134 cm³/mol. The number of piperidine rings is 1. The van der Waals surface area contributed by atoms with Gasteiger partial charge >= 0.3 is 0 Å². The minimum absolute atomic E-state index is 0.0514. The van der Waals surface area contributed by atoms with Gasteiger partial charge in [-0.3, -0.25) is 14.6 Å². The van der Waals surface area contributed by atoms with Gasteiger partial charge in [-0.25, -0.2) is 4.98 Å². The number of hydrogen-bond acceptors (Lipinski definition) is 6. The predicted octanol–water partition coefficient (Wildman–Crippen LogP) is 3.94. The van der Waals surface area contributed by atoms with Gasteiger partial charge in [-0.15, -0.1) is 0 Å². The molecule has 1 aliphatic heterocycles. The summed E-state index contributed by atoms with van der Waals surface area (Å²) < 4.78 is 1.80. The maximum Gasteiger partial charge on any atom is 0.175 e. The lowest BCUT2D eigenvalue weighted by molar-refractivity contribution is 0.0941. The van der Waals surface area contributed by atoms with Crippen LogP contribution in [0.25, 0.3) is 0 Å². The Labute approximate surface area is 205 Å². The molecule has 0 radical (unpaired) electrons. The third-order valence-corrected chi connectivity index (χ3v) is 8.96. The van der Waals surface area contributed by atoms with Gasteiger partial charge in [0.25, 0.3) is 0 Å². The molecule has 2 fully saturated rings. The van der Waals surface area contributed by atoms with E-state index in [0.29, 0.717) is 17.5 Å². The summed E-state index contributed by atoms with van der Waals surface area (Å²) in [6.45, 7) is 11.6. The van der Waals surface area contributed by atoms with Gasteiger partial charge in [0.2, 0.25) is 0 Å². The first kappa shape index (κ1) is 22.2. The Bertz CT molecular complexity index is 1300. The third kappa shape index (κ3) is 3.53. The fourth-order valence-corrected chi connectivity index (χ4v) is 6.44. The summed E-state index contributed by atoms with van der Waals surface area (Å²) in [4.78, 5) is 20.6. The van der Waals surface area contributed by atoms with Crippen molar-refractivity contribution < 1.29 is 4.79 Å². The van der Waals surface area contributed by atoms with Crippen molar-refractivity contribution in [2.24, 2.45) is 23.2 Å². The lowest BCUT2D eigenvalue weighted by Gasteiger charge is -2.23. The molecule has 35 heavy (non-hydrogen) atoms. The van der Waals surface area contributed by atoms with Crippen LogP contribution in [0.2, 0.25) is 0 Å². The van der Waals surface area contributed by atoms with Gasteiger partial charge in [-0.1, -0.05) is 19.9 Å². The molecule has 182 valence electrons. The largest absolute Gasteiger partial charge is 0.356 e. The molecular formula is C27H33N7O. The molecule has 4 heterocycles. The number of nitrogens with one attached hydrogen (secondary N) is 2. The number of carbonyl (C=O) groups is 1. The summed E-state index contributed by atoms with van der Waals surface area (Å²) in [5.74, 6) is 2.01. The van der Waals surface area contributed by atoms with Crippen LogP contribution in [0.5, 0.6) is 0 Å². The first-order chi connectivity index (χ1) is 16.8. The average molecular weight is 472 g/mol. The molecule has 3 aromatic rings. The zero-order valence-electron chi connectivity index (χ0n) is 20.9. The van der Waals surface area contributed by atoms with Crippen LogP contribution in [-0.4, -0.2) is 50.0 Å². The van der Waals surface area contributed by atoms with Crippen LogP contribution in [-0.2, 0) is 13.0 Å². The van der Waals surface area contributed by atoms with Crippen LogP contribution in [0.3, 0.4) is 0 Å². The Balaban J connectivity index is 1.14. The highest BCUT2D eigenvalue weighted by molar-refractivity contribution is 6.06. The highest BCUT2D eigenvalue weighted by Gasteiger charge is 2.62. The number of fused-ring (bicyclic) bond motifs is 2. The van der Waals surface area contributed by atoms with Crippen molar-refractivity contribution >= 4 is 17.8 Å². The van der Waals surface area contributed by atoms with E-state index in [1.165, 1.54) is 11.8 Å². The minimum atomic E-state index is -0.518. The van der Waals surface area contributed by atoms with Crippen molar-refractivity contribution in [1.29, 1.82) is 5.41 Å². The zero-order chi connectivity index (χ0) is 24.5. The van der Waals surface area contributed by atoms with E-state index < -0.39 is 5.92 Å². The Morgan fingerprint density at radius 3 is 2.77 bits per heavy atom. The number of aryl methyl sites for hydroxylation is 2. The summed E-state index contributed by atoms with van der Waals surface area (Å²) in [5, 5.41) is 19.9. The lowest BCUT2D eigenvalue weighted by Crippen LogP contribution is -2.27. The van der Waals surface area contributed by atoms with Crippen LogP contribution >= 0.6 is 0 Å². The number of aromatic nitrogens is 5. The number of nitrogens with zero attached hydrogens (tertiary/aromatic N) is 5. The Morgan fingerprint density at radius 2 is 2.06 bits per heavy atom. The molecular weight excluding hydrogens is 438 g/mol. The SMILES string of the molecule is Cc1nc(N2CC3C(C2)C3(C)C)ccc1Cn1cc(C(=O)C(C=N)C2CCc3c2n[nH]c3C)cn1. The number of carbonyl (C=O) groups excluding carboxylic acids is 1. The monoisotopic (exact) mass is 471 g/mol. The fraction of sp³-hybridized carbons (Fsp3) is 0.519. The van der Waals surface area contributed by atoms with Crippen LogP contribution in [0.1, 0.15) is 64.8 Å². The topological polar surface area (TPSA) is 104 Å². The Kier molecular flexibility index (Phi) is 4.99. The normalized spacial score (nSPS) is 24.8. The number of hydrogen-bond donors (Lipinski definition) is 2. The van der Waals surface area contributed by atoms with Gasteiger partial charge < -0.3 is 10.3 Å². The number of H-pyrrole nitrogens is 1. The van der Waals surface area contributed by atoms with Gasteiger partial charge in [0.05, 0.1) is 29.9 Å². The number of anilines is 1. The summed E-state index contributed by atoms with van der Waals surface area (Å²) >= 11 is 0. The second kappa shape index (κ2) is 7.86. The highest BCUT2D eigenvalue weighted by Crippen LogP contribution is 2.62. The van der Waals surface area contributed by atoms with Gasteiger partial charge in [0, 0.05) is 42.8 Å². The number of pyridine rings is 1. The molecule has 0 bridgehead atoms. The average Bonchev–Trinajstić information content (AvgIpc) is 3.47. The summed E-state index contributed by atoms with van der Waals surface area (Å²) in [7, 11) is 0. The van der Waals surface area contributed by atoms with Crippen LogP contribution < -0.4 is 4.90 Å². The second-order valence-electron chi connectivity index (χ2n) is 11.2. The van der Waals surface area contributed by atoms with E-state index in [-0.39, 0.29) is 11.7 Å². The van der Waals surface area contributed by atoms with Crippen LogP contribution in [0, 0.1) is 42.4 Å². The molecule has 0 amide bonds. The van der Waals surface area contributed by atoms with E-state index in [9.17, 15) is 4.79 Å². The fourth-order valence-electron chi connectivity index (χ4n) is 6.44. The van der Waals surface area contributed by atoms with Crippen molar-refractivity contribution in [3.05, 3.63) is 58.3 Å². The molecule has 6 rings (SSSR count). The van der Waals surface area contributed by atoms with Crippen molar-refractivity contribution in [3.63, 3.8) is 0 Å². The lowest BCUT2D eigenvalue weighted by atomic mass is 9.85. The Morgan fingerprint density at radius 1 is 1.29 bits per heavy atom. The van der Waals surface area contributed by atoms with E-state index in [1.54, 1.807) is 17.1 Å². The van der Waals surface area contributed by atoms with E-state index in [4.69, 9.17) is 10.4 Å². The van der Waals surface area contributed by atoms with Gasteiger partial charge in [-0.05, 0) is 61.1 Å².